The molecule has 0 bridgehead atoms. The molecule has 0 saturated heterocycles. The maximum Gasteiger partial charge on any atom is 0.254 e. The van der Waals surface area contributed by atoms with E-state index in [0.29, 0.717) is 5.56 Å². The lowest BCUT2D eigenvalue weighted by molar-refractivity contribution is 0.0685. The number of benzene rings is 1. The molecule has 2 rings (SSSR count). The lowest BCUT2D eigenvalue weighted by Crippen LogP contribution is -2.35. The summed E-state index contributed by atoms with van der Waals surface area (Å²) in [6.07, 6.45) is 0. The van der Waals surface area contributed by atoms with Crippen LogP contribution in [-0.4, -0.2) is 47.3 Å². The first kappa shape index (κ1) is 13.6. The number of amides is 1. The molecule has 1 aromatic carbocycles. The number of hydrogen-bond donors (Lipinski definition) is 2. The van der Waals surface area contributed by atoms with Gasteiger partial charge in [0, 0.05) is 24.0 Å². The average molecular weight is 263 g/mol. The van der Waals surface area contributed by atoms with Crippen LogP contribution in [0.3, 0.4) is 0 Å². The van der Waals surface area contributed by atoms with Crippen molar-refractivity contribution in [3.05, 3.63) is 35.6 Å². The van der Waals surface area contributed by atoms with Crippen molar-refractivity contribution < 1.29 is 19.4 Å². The third-order valence-electron chi connectivity index (χ3n) is 2.91. The fourth-order valence-electron chi connectivity index (χ4n) is 2.05. The van der Waals surface area contributed by atoms with E-state index in [0.717, 1.165) is 16.7 Å². The summed E-state index contributed by atoms with van der Waals surface area (Å²) in [4.78, 5) is 13.7. The third kappa shape index (κ3) is 2.94. The van der Waals surface area contributed by atoms with Crippen molar-refractivity contribution in [1.29, 1.82) is 0 Å². The van der Waals surface area contributed by atoms with Gasteiger partial charge in [0.05, 0.1) is 13.2 Å². The van der Waals surface area contributed by atoms with Crippen LogP contribution >= 0.6 is 0 Å². The van der Waals surface area contributed by atoms with Crippen LogP contribution in [0.5, 0.6) is 0 Å². The van der Waals surface area contributed by atoms with Gasteiger partial charge in [-0.15, -0.1) is 0 Å². The van der Waals surface area contributed by atoms with Crippen LogP contribution in [0.25, 0.3) is 11.0 Å². The molecule has 0 radical (unpaired) electrons. The van der Waals surface area contributed by atoms with E-state index in [1.54, 1.807) is 18.2 Å². The molecular weight excluding hydrogens is 246 g/mol. The van der Waals surface area contributed by atoms with Gasteiger partial charge < -0.3 is 19.5 Å². The van der Waals surface area contributed by atoms with E-state index in [2.05, 4.69) is 0 Å². The summed E-state index contributed by atoms with van der Waals surface area (Å²) < 4.78 is 5.45. The van der Waals surface area contributed by atoms with Crippen LogP contribution in [0.1, 0.15) is 16.1 Å². The number of rotatable bonds is 5. The molecule has 1 aromatic heterocycles. The Kier molecular flexibility index (Phi) is 4.19. The molecule has 0 aliphatic carbocycles. The number of furan rings is 1. The molecule has 0 fully saturated rings. The summed E-state index contributed by atoms with van der Waals surface area (Å²) in [5.74, 6) is 0.589. The molecule has 5 nitrogen and oxygen atoms in total. The minimum Gasteiger partial charge on any atom is -0.461 e. The molecule has 0 aliphatic heterocycles. The fraction of sp³-hybridized carbons (Fsp3) is 0.357. The Morgan fingerprint density at radius 3 is 2.53 bits per heavy atom. The predicted octanol–water partition coefficient (Wildman–Crippen LogP) is 1.17. The van der Waals surface area contributed by atoms with Gasteiger partial charge in [-0.25, -0.2) is 0 Å². The normalized spacial score (nSPS) is 10.9. The van der Waals surface area contributed by atoms with Crippen molar-refractivity contribution >= 4 is 16.9 Å². The zero-order valence-corrected chi connectivity index (χ0v) is 10.8. The first-order chi connectivity index (χ1) is 9.15. The highest BCUT2D eigenvalue weighted by Crippen LogP contribution is 2.20. The van der Waals surface area contributed by atoms with E-state index in [9.17, 15) is 4.79 Å². The largest absolute Gasteiger partial charge is 0.461 e. The number of aliphatic hydroxyl groups excluding tert-OH is 2. The zero-order valence-electron chi connectivity index (χ0n) is 10.8. The second-order valence-corrected chi connectivity index (χ2v) is 4.35. The highest BCUT2D eigenvalue weighted by atomic mass is 16.3. The van der Waals surface area contributed by atoms with E-state index >= 15 is 0 Å². The van der Waals surface area contributed by atoms with Gasteiger partial charge >= 0.3 is 0 Å². The van der Waals surface area contributed by atoms with Gasteiger partial charge in [-0.1, -0.05) is 0 Å². The summed E-state index contributed by atoms with van der Waals surface area (Å²) >= 11 is 0. The molecule has 0 aliphatic rings. The second kappa shape index (κ2) is 5.86. The smallest absolute Gasteiger partial charge is 0.254 e. The summed E-state index contributed by atoms with van der Waals surface area (Å²) in [6.45, 7) is 2.02. The molecule has 0 spiro atoms. The minimum absolute atomic E-state index is 0.126. The van der Waals surface area contributed by atoms with Crippen molar-refractivity contribution in [2.24, 2.45) is 0 Å². The Labute approximate surface area is 111 Å². The molecular formula is C14H17NO4. The minimum atomic E-state index is -0.205. The summed E-state index contributed by atoms with van der Waals surface area (Å²) in [5, 5.41) is 18.8. The molecule has 5 heteroatoms. The SMILES string of the molecule is Cc1cc2cc(C(=O)N(CCO)CCO)ccc2o1. The number of fused-ring (bicyclic) bond motifs is 1. The predicted molar refractivity (Wildman–Crippen MR) is 71.0 cm³/mol. The third-order valence-corrected chi connectivity index (χ3v) is 2.91. The monoisotopic (exact) mass is 263 g/mol. The Hall–Kier alpha value is -1.85. The molecule has 2 N–H and O–H groups in total. The summed E-state index contributed by atoms with van der Waals surface area (Å²) in [7, 11) is 0. The van der Waals surface area contributed by atoms with Crippen molar-refractivity contribution in [3.63, 3.8) is 0 Å². The first-order valence-corrected chi connectivity index (χ1v) is 6.17. The van der Waals surface area contributed by atoms with Crippen LogP contribution in [-0.2, 0) is 0 Å². The summed E-state index contributed by atoms with van der Waals surface area (Å²) in [5.41, 5.74) is 1.26. The zero-order chi connectivity index (χ0) is 13.8. The molecule has 19 heavy (non-hydrogen) atoms. The number of nitrogens with zero attached hydrogens (tertiary/aromatic N) is 1. The van der Waals surface area contributed by atoms with Crippen LogP contribution < -0.4 is 0 Å². The topological polar surface area (TPSA) is 73.9 Å². The molecule has 2 aromatic rings. The number of carbonyl (C=O) groups excluding carboxylic acids is 1. The van der Waals surface area contributed by atoms with Gasteiger partial charge in [0.1, 0.15) is 11.3 Å². The van der Waals surface area contributed by atoms with Gasteiger partial charge in [0.15, 0.2) is 0 Å². The number of aryl methyl sites for hydroxylation is 1. The Balaban J connectivity index is 2.28. The molecule has 1 heterocycles. The quantitative estimate of drug-likeness (QED) is 0.849. The van der Waals surface area contributed by atoms with Crippen molar-refractivity contribution in [2.45, 2.75) is 6.92 Å². The van der Waals surface area contributed by atoms with Crippen molar-refractivity contribution in [2.75, 3.05) is 26.3 Å². The highest BCUT2D eigenvalue weighted by molar-refractivity contribution is 5.97. The second-order valence-electron chi connectivity index (χ2n) is 4.35. The van der Waals surface area contributed by atoms with E-state index in [-0.39, 0.29) is 32.2 Å². The maximum absolute atomic E-state index is 12.2. The lowest BCUT2D eigenvalue weighted by atomic mass is 10.1. The van der Waals surface area contributed by atoms with E-state index in [1.165, 1.54) is 4.90 Å². The number of hydrogen-bond acceptors (Lipinski definition) is 4. The Morgan fingerprint density at radius 2 is 1.89 bits per heavy atom. The Morgan fingerprint density at radius 1 is 1.21 bits per heavy atom. The van der Waals surface area contributed by atoms with Crippen LogP contribution in [0, 0.1) is 6.92 Å². The standard InChI is InChI=1S/C14H17NO4/c1-10-8-12-9-11(2-3-13(12)19-10)14(18)15(4-6-16)5-7-17/h2-3,8-9,16-17H,4-7H2,1H3. The molecule has 0 unspecified atom stereocenters. The molecule has 102 valence electrons. The Bertz CT molecular complexity index is 570. The molecule has 0 saturated carbocycles. The van der Waals surface area contributed by atoms with Crippen molar-refractivity contribution in [1.82, 2.24) is 4.90 Å². The van der Waals surface area contributed by atoms with Crippen LogP contribution in [0.15, 0.2) is 28.7 Å². The lowest BCUT2D eigenvalue weighted by Gasteiger charge is -2.20. The highest BCUT2D eigenvalue weighted by Gasteiger charge is 2.15. The van der Waals surface area contributed by atoms with Crippen LogP contribution in [0.2, 0.25) is 0 Å². The van der Waals surface area contributed by atoms with Gasteiger partial charge in [-0.2, -0.15) is 0 Å². The average Bonchev–Trinajstić information content (AvgIpc) is 2.76. The first-order valence-electron chi connectivity index (χ1n) is 6.17. The number of aliphatic hydroxyl groups is 2. The van der Waals surface area contributed by atoms with Gasteiger partial charge in [0.2, 0.25) is 0 Å². The maximum atomic E-state index is 12.2. The molecule has 1 amide bonds. The van der Waals surface area contributed by atoms with Gasteiger partial charge in [0.25, 0.3) is 5.91 Å². The van der Waals surface area contributed by atoms with E-state index in [4.69, 9.17) is 14.6 Å². The van der Waals surface area contributed by atoms with Crippen LogP contribution in [0.4, 0.5) is 0 Å². The fourth-order valence-corrected chi connectivity index (χ4v) is 2.05. The molecule has 0 atom stereocenters. The number of carbonyl (C=O) groups is 1. The summed E-state index contributed by atoms with van der Waals surface area (Å²) in [6, 6.07) is 7.07. The van der Waals surface area contributed by atoms with Crippen molar-refractivity contribution in [3.8, 4) is 0 Å². The van der Waals surface area contributed by atoms with Gasteiger partial charge in [-0.3, -0.25) is 4.79 Å². The van der Waals surface area contributed by atoms with Gasteiger partial charge in [-0.05, 0) is 31.2 Å². The van der Waals surface area contributed by atoms with E-state index in [1.807, 2.05) is 13.0 Å². The van der Waals surface area contributed by atoms with E-state index < -0.39 is 0 Å².